The summed E-state index contributed by atoms with van der Waals surface area (Å²) in [5, 5.41) is 16.8. The minimum atomic E-state index is -1.64. The number of methoxy groups -OCH3 is 1. The molecule has 7 nitrogen and oxygen atoms in total. The van der Waals surface area contributed by atoms with Crippen LogP contribution in [0.5, 0.6) is 5.75 Å². The zero-order valence-corrected chi connectivity index (χ0v) is 15.6. The van der Waals surface area contributed by atoms with Crippen molar-refractivity contribution in [1.82, 2.24) is 0 Å². The third kappa shape index (κ3) is 3.38. The van der Waals surface area contributed by atoms with E-state index in [1.165, 1.54) is 12.1 Å². The van der Waals surface area contributed by atoms with Crippen molar-refractivity contribution in [3.05, 3.63) is 70.3 Å². The van der Waals surface area contributed by atoms with Crippen LogP contribution in [0.3, 0.4) is 0 Å². The van der Waals surface area contributed by atoms with Gasteiger partial charge < -0.3 is 4.74 Å². The first-order valence-electron chi connectivity index (χ1n) is 8.28. The van der Waals surface area contributed by atoms with Gasteiger partial charge in [0.15, 0.2) is 4.87 Å². The van der Waals surface area contributed by atoms with E-state index in [9.17, 15) is 14.9 Å². The van der Waals surface area contributed by atoms with Gasteiger partial charge in [-0.05, 0) is 36.8 Å². The molecule has 1 aliphatic heterocycles. The van der Waals surface area contributed by atoms with Crippen molar-refractivity contribution in [2.45, 2.75) is 17.7 Å². The van der Waals surface area contributed by atoms with Gasteiger partial charge in [-0.1, -0.05) is 30.3 Å². The number of ether oxygens (including phenoxy) is 1. The number of carbonyl (C=O) groups excluding carboxylic acids is 1. The van der Waals surface area contributed by atoms with Gasteiger partial charge in [-0.25, -0.2) is 0 Å². The van der Waals surface area contributed by atoms with Gasteiger partial charge in [0, 0.05) is 4.92 Å². The number of alkyl halides is 1. The maximum atomic E-state index is 13.2. The molecule has 0 aliphatic carbocycles. The van der Waals surface area contributed by atoms with E-state index in [0.29, 0.717) is 22.7 Å². The largest absolute Gasteiger partial charge is 0.497 e. The Morgan fingerprint density at radius 3 is 2.41 bits per heavy atom. The van der Waals surface area contributed by atoms with Gasteiger partial charge in [0.2, 0.25) is 6.54 Å². The number of rotatable bonds is 6. The van der Waals surface area contributed by atoms with Crippen LogP contribution in [0.25, 0.3) is 0 Å². The number of nitro groups is 1. The van der Waals surface area contributed by atoms with Crippen molar-refractivity contribution >= 4 is 28.9 Å². The number of anilines is 1. The Bertz CT molecular complexity index is 886. The predicted molar refractivity (Wildman–Crippen MR) is 103 cm³/mol. The van der Waals surface area contributed by atoms with Gasteiger partial charge in [0.05, 0.1) is 24.4 Å². The molecule has 27 heavy (non-hydrogen) atoms. The van der Waals surface area contributed by atoms with E-state index in [1.54, 1.807) is 55.5 Å². The SMILES string of the molecule is COc1ccc(C(C[N+](=O)[O-])C2(Cl)C(=O)N(c3ccccc3)N=C2C)cc1. The number of benzene rings is 2. The lowest BCUT2D eigenvalue weighted by atomic mass is 9.82. The van der Waals surface area contributed by atoms with E-state index < -0.39 is 28.2 Å². The average molecular weight is 388 g/mol. The fourth-order valence-corrected chi connectivity index (χ4v) is 3.48. The Hall–Kier alpha value is -2.93. The highest BCUT2D eigenvalue weighted by atomic mass is 35.5. The topological polar surface area (TPSA) is 85.0 Å². The molecule has 0 spiro atoms. The number of para-hydroxylation sites is 1. The average Bonchev–Trinajstić information content (AvgIpc) is 2.91. The van der Waals surface area contributed by atoms with Gasteiger partial charge in [0.1, 0.15) is 5.75 Å². The first-order valence-corrected chi connectivity index (χ1v) is 8.65. The summed E-state index contributed by atoms with van der Waals surface area (Å²) in [5.41, 5.74) is 1.44. The maximum Gasteiger partial charge on any atom is 0.275 e. The van der Waals surface area contributed by atoms with E-state index in [2.05, 4.69) is 5.10 Å². The number of hydrogen-bond donors (Lipinski definition) is 0. The second-order valence-electron chi connectivity index (χ2n) is 6.19. The number of nitrogens with zero attached hydrogens (tertiary/aromatic N) is 3. The molecule has 0 radical (unpaired) electrons. The monoisotopic (exact) mass is 387 g/mol. The third-order valence-electron chi connectivity index (χ3n) is 4.61. The molecule has 2 atom stereocenters. The Kier molecular flexibility index (Phi) is 5.14. The lowest BCUT2D eigenvalue weighted by Gasteiger charge is -2.28. The Morgan fingerprint density at radius 2 is 1.85 bits per heavy atom. The Labute approximate surface area is 161 Å². The van der Waals surface area contributed by atoms with Crippen LogP contribution in [0.1, 0.15) is 18.4 Å². The third-order valence-corrected chi connectivity index (χ3v) is 5.31. The predicted octanol–water partition coefficient (Wildman–Crippen LogP) is 3.46. The quantitative estimate of drug-likeness (QED) is 0.431. The molecule has 2 aromatic rings. The van der Waals surface area contributed by atoms with Crippen LogP contribution in [-0.4, -0.2) is 35.1 Å². The van der Waals surface area contributed by atoms with E-state index in [0.717, 1.165) is 0 Å². The van der Waals surface area contributed by atoms with Gasteiger partial charge in [-0.3, -0.25) is 14.9 Å². The summed E-state index contributed by atoms with van der Waals surface area (Å²) < 4.78 is 5.13. The molecule has 0 fully saturated rings. The van der Waals surface area contributed by atoms with Gasteiger partial charge in [0.25, 0.3) is 5.91 Å². The summed E-state index contributed by atoms with van der Waals surface area (Å²) in [7, 11) is 1.53. The summed E-state index contributed by atoms with van der Waals surface area (Å²) in [6, 6.07) is 15.6. The zero-order valence-electron chi connectivity index (χ0n) is 14.8. The minimum absolute atomic E-state index is 0.320. The molecule has 0 saturated heterocycles. The van der Waals surface area contributed by atoms with Crippen molar-refractivity contribution in [3.8, 4) is 5.75 Å². The van der Waals surface area contributed by atoms with Crippen molar-refractivity contribution in [2.24, 2.45) is 5.10 Å². The summed E-state index contributed by atoms with van der Waals surface area (Å²) in [5.74, 6) is -0.781. The molecule has 1 amide bonds. The van der Waals surface area contributed by atoms with Crippen molar-refractivity contribution in [1.29, 1.82) is 0 Å². The van der Waals surface area contributed by atoms with Crippen LogP contribution < -0.4 is 9.75 Å². The molecule has 0 bridgehead atoms. The summed E-state index contributed by atoms with van der Waals surface area (Å²) in [4.78, 5) is 22.4. The summed E-state index contributed by atoms with van der Waals surface area (Å²) in [6.45, 7) is 1.11. The normalized spacial score (nSPS) is 20.3. The Balaban J connectivity index is 2.03. The molecule has 1 aliphatic rings. The number of amides is 1. The fourth-order valence-electron chi connectivity index (χ4n) is 3.17. The highest BCUT2D eigenvalue weighted by molar-refractivity contribution is 6.51. The highest BCUT2D eigenvalue weighted by Crippen LogP contribution is 2.42. The van der Waals surface area contributed by atoms with E-state index in [1.807, 2.05) is 6.07 Å². The molecular formula is C19H18ClN3O4. The summed E-state index contributed by atoms with van der Waals surface area (Å²) >= 11 is 6.78. The molecule has 0 aromatic heterocycles. The number of halogens is 1. The van der Waals surface area contributed by atoms with E-state index >= 15 is 0 Å². The number of carbonyl (C=O) groups is 1. The Morgan fingerprint density at radius 1 is 1.22 bits per heavy atom. The molecule has 2 unspecified atom stereocenters. The van der Waals surface area contributed by atoms with E-state index in [-0.39, 0.29) is 0 Å². The molecule has 8 heteroatoms. The maximum absolute atomic E-state index is 13.2. The fraction of sp³-hybridized carbons (Fsp3) is 0.263. The van der Waals surface area contributed by atoms with Crippen molar-refractivity contribution in [3.63, 3.8) is 0 Å². The first-order chi connectivity index (χ1) is 12.9. The van der Waals surface area contributed by atoms with Gasteiger partial charge in [-0.2, -0.15) is 10.1 Å². The van der Waals surface area contributed by atoms with Gasteiger partial charge >= 0.3 is 0 Å². The van der Waals surface area contributed by atoms with E-state index in [4.69, 9.17) is 16.3 Å². The van der Waals surface area contributed by atoms with Crippen LogP contribution in [0, 0.1) is 10.1 Å². The van der Waals surface area contributed by atoms with Crippen molar-refractivity contribution in [2.75, 3.05) is 18.7 Å². The lowest BCUT2D eigenvalue weighted by molar-refractivity contribution is -0.483. The van der Waals surface area contributed by atoms with Gasteiger partial charge in [-0.15, -0.1) is 11.6 Å². The minimum Gasteiger partial charge on any atom is -0.497 e. The van der Waals surface area contributed by atoms with Crippen LogP contribution in [-0.2, 0) is 4.79 Å². The second kappa shape index (κ2) is 7.36. The smallest absolute Gasteiger partial charge is 0.275 e. The molecule has 0 saturated carbocycles. The van der Waals surface area contributed by atoms with Crippen LogP contribution in [0.4, 0.5) is 5.69 Å². The highest BCUT2D eigenvalue weighted by Gasteiger charge is 2.56. The molecule has 140 valence electrons. The molecular weight excluding hydrogens is 370 g/mol. The molecule has 1 heterocycles. The zero-order chi connectivity index (χ0) is 19.6. The molecule has 3 rings (SSSR count). The lowest BCUT2D eigenvalue weighted by Crippen LogP contribution is -2.48. The standard InChI is InChI=1S/C19H18ClN3O4/c1-13-19(20,18(24)23(21-13)15-6-4-3-5-7-15)17(12-22(25)26)14-8-10-16(27-2)11-9-14/h3-11,17H,12H2,1-2H3. The number of hydrazone groups is 1. The second-order valence-corrected chi connectivity index (χ2v) is 6.79. The first kappa shape index (κ1) is 18.8. The summed E-state index contributed by atoms with van der Waals surface area (Å²) in [6.07, 6.45) is 0. The molecule has 2 aromatic carbocycles. The van der Waals surface area contributed by atoms with Crippen LogP contribution >= 0.6 is 11.6 Å². The van der Waals surface area contributed by atoms with Crippen LogP contribution in [0.2, 0.25) is 0 Å². The van der Waals surface area contributed by atoms with Crippen LogP contribution in [0.15, 0.2) is 59.7 Å². The number of hydrogen-bond acceptors (Lipinski definition) is 5. The molecule has 0 N–H and O–H groups in total. The van der Waals surface area contributed by atoms with Crippen molar-refractivity contribution < 1.29 is 14.5 Å².